The Hall–Kier alpha value is -1.05. The fourth-order valence-corrected chi connectivity index (χ4v) is 2.00. The molecule has 2 aliphatic carbocycles. The van der Waals surface area contributed by atoms with E-state index >= 15 is 0 Å². The van der Waals surface area contributed by atoms with E-state index in [4.69, 9.17) is 4.74 Å². The van der Waals surface area contributed by atoms with Gasteiger partial charge in [0.25, 0.3) is 0 Å². The molecule has 2 heteroatoms. The van der Waals surface area contributed by atoms with Gasteiger partial charge in [0, 0.05) is 6.42 Å². The Balaban J connectivity index is 2.07. The summed E-state index contributed by atoms with van der Waals surface area (Å²) >= 11 is 0. The van der Waals surface area contributed by atoms with E-state index in [2.05, 4.69) is 12.2 Å². The lowest BCUT2D eigenvalue weighted by atomic mass is 9.98. The van der Waals surface area contributed by atoms with Crippen molar-refractivity contribution in [2.45, 2.75) is 45.1 Å². The lowest BCUT2D eigenvalue weighted by Gasteiger charge is -2.20. The number of carbonyl (C=O) groups excluding carboxylic acids is 1. The van der Waals surface area contributed by atoms with Gasteiger partial charge in [-0.2, -0.15) is 0 Å². The van der Waals surface area contributed by atoms with Crippen molar-refractivity contribution in [2.75, 3.05) is 0 Å². The van der Waals surface area contributed by atoms with Gasteiger partial charge in [0.1, 0.15) is 6.10 Å². The fraction of sp³-hybridized carbons (Fsp3) is 0.583. The number of rotatable bonds is 2. The average Bonchev–Trinajstić information content (AvgIpc) is 2.64. The molecule has 0 spiro atoms. The molecule has 0 N–H and O–H groups in total. The molecular formula is C12H16O2. The molecule has 0 saturated heterocycles. The van der Waals surface area contributed by atoms with Gasteiger partial charge >= 0.3 is 0 Å². The topological polar surface area (TPSA) is 26.3 Å². The Bertz CT molecular complexity index is 299. The molecule has 0 unspecified atom stereocenters. The van der Waals surface area contributed by atoms with Gasteiger partial charge in [-0.25, -0.2) is 0 Å². The molecule has 2 rings (SSSR count). The lowest BCUT2D eigenvalue weighted by molar-refractivity contribution is -0.120. The molecular weight excluding hydrogens is 176 g/mol. The van der Waals surface area contributed by atoms with Crippen LogP contribution in [-0.4, -0.2) is 11.9 Å². The number of carbonyl (C=O) groups is 1. The molecule has 0 saturated carbocycles. The summed E-state index contributed by atoms with van der Waals surface area (Å²) in [5.41, 5.74) is 1.13. The van der Waals surface area contributed by atoms with Crippen LogP contribution in [-0.2, 0) is 9.53 Å². The number of allylic oxidation sites excluding steroid dienone is 3. The van der Waals surface area contributed by atoms with Gasteiger partial charge < -0.3 is 4.74 Å². The van der Waals surface area contributed by atoms with E-state index in [9.17, 15) is 4.79 Å². The number of hydrogen-bond acceptors (Lipinski definition) is 2. The average molecular weight is 192 g/mol. The van der Waals surface area contributed by atoms with Crippen molar-refractivity contribution in [3.63, 3.8) is 0 Å². The van der Waals surface area contributed by atoms with E-state index in [1.165, 1.54) is 0 Å². The van der Waals surface area contributed by atoms with Gasteiger partial charge in [-0.05, 0) is 44.3 Å². The van der Waals surface area contributed by atoms with Gasteiger partial charge in [0.15, 0.2) is 11.5 Å². The van der Waals surface area contributed by atoms with Gasteiger partial charge in [0.05, 0.1) is 0 Å². The van der Waals surface area contributed by atoms with Crippen molar-refractivity contribution >= 4 is 5.78 Å². The third kappa shape index (κ3) is 1.89. The number of ether oxygens (including phenoxy) is 1. The number of hydrogen-bond donors (Lipinski definition) is 0. The smallest absolute Gasteiger partial charge is 0.197 e. The summed E-state index contributed by atoms with van der Waals surface area (Å²) in [6.45, 7) is 2.01. The highest BCUT2D eigenvalue weighted by Gasteiger charge is 2.22. The molecule has 2 aliphatic rings. The monoisotopic (exact) mass is 192 g/mol. The summed E-state index contributed by atoms with van der Waals surface area (Å²) in [6.07, 6.45) is 9.06. The maximum Gasteiger partial charge on any atom is 0.197 e. The van der Waals surface area contributed by atoms with Crippen LogP contribution in [0.15, 0.2) is 23.5 Å². The van der Waals surface area contributed by atoms with Crippen molar-refractivity contribution in [3.05, 3.63) is 23.5 Å². The van der Waals surface area contributed by atoms with Crippen molar-refractivity contribution in [3.8, 4) is 0 Å². The molecule has 14 heavy (non-hydrogen) atoms. The molecule has 2 nitrogen and oxygen atoms in total. The van der Waals surface area contributed by atoms with Crippen LogP contribution in [0.4, 0.5) is 0 Å². The number of Topliss-reactive ketones (excluding diaryl/α,β-unsaturated/α-hetero) is 1. The molecule has 76 valence electrons. The van der Waals surface area contributed by atoms with E-state index < -0.39 is 0 Å². The summed E-state index contributed by atoms with van der Waals surface area (Å²) in [5, 5.41) is 0. The van der Waals surface area contributed by atoms with Gasteiger partial charge in [-0.15, -0.1) is 0 Å². The molecule has 0 heterocycles. The van der Waals surface area contributed by atoms with E-state index in [1.807, 2.05) is 6.92 Å². The Labute approximate surface area is 84.6 Å². The van der Waals surface area contributed by atoms with Crippen molar-refractivity contribution in [1.82, 2.24) is 0 Å². The van der Waals surface area contributed by atoms with E-state index in [-0.39, 0.29) is 11.9 Å². The molecule has 0 radical (unpaired) electrons. The molecule has 0 aromatic heterocycles. The Kier molecular flexibility index (Phi) is 2.71. The van der Waals surface area contributed by atoms with Crippen LogP contribution in [0.3, 0.4) is 0 Å². The highest BCUT2D eigenvalue weighted by Crippen LogP contribution is 2.26. The minimum Gasteiger partial charge on any atom is -0.483 e. The predicted molar refractivity (Wildman–Crippen MR) is 54.8 cm³/mol. The first-order chi connectivity index (χ1) is 6.77. The highest BCUT2D eigenvalue weighted by molar-refractivity contribution is 5.94. The lowest BCUT2D eigenvalue weighted by Crippen LogP contribution is -2.17. The first-order valence-electron chi connectivity index (χ1n) is 5.33. The molecule has 0 aromatic carbocycles. The minimum atomic E-state index is 0.141. The minimum absolute atomic E-state index is 0.141. The molecule has 0 aliphatic heterocycles. The van der Waals surface area contributed by atoms with Crippen molar-refractivity contribution in [2.24, 2.45) is 0 Å². The summed E-state index contributed by atoms with van der Waals surface area (Å²) in [7, 11) is 0. The Morgan fingerprint density at radius 3 is 2.93 bits per heavy atom. The maximum atomic E-state index is 11.6. The summed E-state index contributed by atoms with van der Waals surface area (Å²) < 4.78 is 5.72. The Morgan fingerprint density at radius 2 is 2.29 bits per heavy atom. The van der Waals surface area contributed by atoms with E-state index in [1.54, 1.807) is 0 Å². The zero-order chi connectivity index (χ0) is 9.97. The van der Waals surface area contributed by atoms with Crippen LogP contribution in [0.2, 0.25) is 0 Å². The second-order valence-electron chi connectivity index (χ2n) is 4.05. The highest BCUT2D eigenvalue weighted by atomic mass is 16.5. The van der Waals surface area contributed by atoms with Gasteiger partial charge in [-0.1, -0.05) is 6.08 Å². The van der Waals surface area contributed by atoms with Crippen LogP contribution >= 0.6 is 0 Å². The normalized spacial score (nSPS) is 27.2. The van der Waals surface area contributed by atoms with Crippen LogP contribution in [0.1, 0.15) is 39.0 Å². The zero-order valence-corrected chi connectivity index (χ0v) is 8.58. The molecule has 0 fully saturated rings. The van der Waals surface area contributed by atoms with Crippen molar-refractivity contribution < 1.29 is 9.53 Å². The number of ketones is 1. The predicted octanol–water partition coefficient (Wildman–Crippen LogP) is 2.75. The summed E-state index contributed by atoms with van der Waals surface area (Å²) in [4.78, 5) is 11.6. The van der Waals surface area contributed by atoms with E-state index in [0.29, 0.717) is 12.2 Å². The summed E-state index contributed by atoms with van der Waals surface area (Å²) in [5.74, 6) is 0.835. The zero-order valence-electron chi connectivity index (χ0n) is 8.58. The van der Waals surface area contributed by atoms with Gasteiger partial charge in [-0.3, -0.25) is 4.79 Å². The molecule has 0 bridgehead atoms. The van der Waals surface area contributed by atoms with Crippen molar-refractivity contribution in [1.29, 1.82) is 0 Å². The Morgan fingerprint density at radius 1 is 1.43 bits per heavy atom. The summed E-state index contributed by atoms with van der Waals surface area (Å²) in [6, 6.07) is 0. The van der Waals surface area contributed by atoms with Gasteiger partial charge in [0.2, 0.25) is 0 Å². The largest absolute Gasteiger partial charge is 0.483 e. The third-order valence-electron chi connectivity index (χ3n) is 2.83. The third-order valence-corrected chi connectivity index (χ3v) is 2.83. The molecule has 0 aromatic rings. The first-order valence-corrected chi connectivity index (χ1v) is 5.33. The van der Waals surface area contributed by atoms with Crippen LogP contribution < -0.4 is 0 Å². The maximum absolute atomic E-state index is 11.6. The standard InChI is InChI=1S/C12H16O2/c1-9-5-4-8-11(13)12(9)14-10-6-2-3-7-10/h2,6,10H,3-5,7-8H2,1H3/t10-/m0/s1. The second-order valence-corrected chi connectivity index (χ2v) is 4.05. The molecule has 0 amide bonds. The first kappa shape index (κ1) is 9.50. The van der Waals surface area contributed by atoms with E-state index in [0.717, 1.165) is 31.3 Å². The fourth-order valence-electron chi connectivity index (χ4n) is 2.00. The SMILES string of the molecule is CC1=C(O[C@H]2C=CCC2)C(=O)CCC1. The van der Waals surface area contributed by atoms with Crippen LogP contribution in [0, 0.1) is 0 Å². The second kappa shape index (κ2) is 3.99. The van der Waals surface area contributed by atoms with Crippen LogP contribution in [0.25, 0.3) is 0 Å². The molecule has 1 atom stereocenters. The quantitative estimate of drug-likeness (QED) is 0.629. The van der Waals surface area contributed by atoms with Crippen LogP contribution in [0.5, 0.6) is 0 Å².